The Morgan fingerprint density at radius 2 is 1.88 bits per heavy atom. The molecule has 136 valence electrons. The Labute approximate surface area is 156 Å². The second-order valence-corrected chi connectivity index (χ2v) is 8.59. The number of phenols is 1. The van der Waals surface area contributed by atoms with Gasteiger partial charge in [-0.2, -0.15) is 0 Å². The Morgan fingerprint density at radius 3 is 2.77 bits per heavy atom. The van der Waals surface area contributed by atoms with Crippen LogP contribution in [0.1, 0.15) is 48.8 Å². The lowest BCUT2D eigenvalue weighted by Gasteiger charge is -2.59. The highest BCUT2D eigenvalue weighted by atomic mass is 16.3. The van der Waals surface area contributed by atoms with Crippen molar-refractivity contribution in [2.75, 3.05) is 13.1 Å². The highest BCUT2D eigenvalue weighted by Gasteiger charge is 2.53. The molecule has 26 heavy (non-hydrogen) atoms. The maximum atomic E-state index is 10.4. The average Bonchev–Trinajstić information content (AvgIpc) is 2.68. The maximum absolute atomic E-state index is 10.4. The molecular formula is C24H29NO. The van der Waals surface area contributed by atoms with Gasteiger partial charge in [0.25, 0.3) is 0 Å². The molecular weight excluding hydrogens is 318 g/mol. The minimum atomic E-state index is 0.332. The summed E-state index contributed by atoms with van der Waals surface area (Å²) in [6.07, 6.45) is 8.73. The number of nitrogens with zero attached hydrogens (tertiary/aromatic N) is 1. The van der Waals surface area contributed by atoms with E-state index in [4.69, 9.17) is 0 Å². The number of likely N-dealkylation sites (tertiary alicyclic amines) is 1. The second-order valence-electron chi connectivity index (χ2n) is 8.59. The number of fused-ring (bicyclic) bond motifs is 1. The number of phenolic OH excluding ortho intramolecular Hbond substituents is 1. The van der Waals surface area contributed by atoms with Gasteiger partial charge in [-0.1, -0.05) is 48.9 Å². The Kier molecular flexibility index (Phi) is 4.04. The number of piperidine rings is 1. The molecule has 0 amide bonds. The molecule has 0 radical (unpaired) electrons. The first-order chi connectivity index (χ1) is 12.8. The van der Waals surface area contributed by atoms with Crippen molar-refractivity contribution in [3.8, 4) is 5.75 Å². The molecule has 1 N–H and O–H groups in total. The van der Waals surface area contributed by atoms with Crippen molar-refractivity contribution >= 4 is 0 Å². The van der Waals surface area contributed by atoms with Crippen LogP contribution >= 0.6 is 0 Å². The Hall–Kier alpha value is -1.80. The van der Waals surface area contributed by atoms with Gasteiger partial charge < -0.3 is 5.11 Å². The summed E-state index contributed by atoms with van der Waals surface area (Å²) in [6, 6.07) is 17.9. The van der Waals surface area contributed by atoms with Crippen LogP contribution < -0.4 is 0 Å². The van der Waals surface area contributed by atoms with E-state index >= 15 is 0 Å². The third-order valence-corrected chi connectivity index (χ3v) is 7.53. The fraction of sp³-hybridized carbons (Fsp3) is 0.500. The van der Waals surface area contributed by atoms with Gasteiger partial charge in [-0.15, -0.1) is 0 Å². The molecule has 3 aliphatic rings. The SMILES string of the molecule is Oc1cccc2c1CC[C@@H]1[C@@H]3CCC[C@]21CCN3CCc1ccccc1. The molecule has 2 aliphatic carbocycles. The molecule has 2 fully saturated rings. The molecule has 1 aliphatic heterocycles. The van der Waals surface area contributed by atoms with Crippen LogP contribution in [0.5, 0.6) is 5.75 Å². The van der Waals surface area contributed by atoms with Gasteiger partial charge in [-0.25, -0.2) is 0 Å². The van der Waals surface area contributed by atoms with E-state index in [1.807, 2.05) is 6.07 Å². The van der Waals surface area contributed by atoms with Crippen LogP contribution in [0.3, 0.4) is 0 Å². The molecule has 1 saturated heterocycles. The van der Waals surface area contributed by atoms with Gasteiger partial charge in [-0.05, 0) is 73.7 Å². The minimum Gasteiger partial charge on any atom is -0.508 e. The van der Waals surface area contributed by atoms with E-state index in [1.54, 1.807) is 0 Å². The molecule has 1 saturated carbocycles. The zero-order chi connectivity index (χ0) is 17.6. The number of aromatic hydroxyl groups is 1. The van der Waals surface area contributed by atoms with E-state index in [0.717, 1.165) is 24.8 Å². The summed E-state index contributed by atoms with van der Waals surface area (Å²) in [5, 5.41) is 10.4. The Bertz CT molecular complexity index is 786. The van der Waals surface area contributed by atoms with Crippen molar-refractivity contribution in [2.24, 2.45) is 5.92 Å². The molecule has 5 rings (SSSR count). The summed E-state index contributed by atoms with van der Waals surface area (Å²) >= 11 is 0. The first kappa shape index (κ1) is 16.4. The molecule has 3 atom stereocenters. The molecule has 0 unspecified atom stereocenters. The summed E-state index contributed by atoms with van der Waals surface area (Å²) in [5.74, 6) is 1.30. The molecule has 2 heteroatoms. The third-order valence-electron chi connectivity index (χ3n) is 7.53. The van der Waals surface area contributed by atoms with Crippen molar-refractivity contribution in [1.29, 1.82) is 0 Å². The fourth-order valence-electron chi connectivity index (χ4n) is 6.37. The van der Waals surface area contributed by atoms with E-state index in [0.29, 0.717) is 11.2 Å². The van der Waals surface area contributed by atoms with Crippen LogP contribution in [0.4, 0.5) is 0 Å². The van der Waals surface area contributed by atoms with Crippen molar-refractivity contribution in [2.45, 2.75) is 56.4 Å². The van der Waals surface area contributed by atoms with Crippen LogP contribution in [0.2, 0.25) is 0 Å². The lowest BCUT2D eigenvalue weighted by atomic mass is 9.52. The molecule has 1 heterocycles. The Balaban J connectivity index is 1.41. The van der Waals surface area contributed by atoms with Gasteiger partial charge in [0.1, 0.15) is 5.75 Å². The van der Waals surface area contributed by atoms with Crippen molar-refractivity contribution in [1.82, 2.24) is 4.90 Å². The zero-order valence-corrected chi connectivity index (χ0v) is 15.5. The van der Waals surface area contributed by atoms with E-state index in [2.05, 4.69) is 47.4 Å². The van der Waals surface area contributed by atoms with Crippen LogP contribution in [-0.4, -0.2) is 29.1 Å². The largest absolute Gasteiger partial charge is 0.508 e. The van der Waals surface area contributed by atoms with Crippen LogP contribution in [0.25, 0.3) is 0 Å². The highest BCUT2D eigenvalue weighted by molar-refractivity contribution is 5.47. The number of benzene rings is 2. The summed E-state index contributed by atoms with van der Waals surface area (Å²) in [4.78, 5) is 2.79. The molecule has 2 bridgehead atoms. The molecule has 2 nitrogen and oxygen atoms in total. The van der Waals surface area contributed by atoms with E-state index in [-0.39, 0.29) is 0 Å². The normalized spacial score (nSPS) is 30.5. The van der Waals surface area contributed by atoms with Crippen molar-refractivity contribution in [3.05, 3.63) is 65.2 Å². The van der Waals surface area contributed by atoms with Gasteiger partial charge in [0.05, 0.1) is 0 Å². The molecule has 0 aromatic heterocycles. The van der Waals surface area contributed by atoms with Gasteiger partial charge in [-0.3, -0.25) is 4.90 Å². The van der Waals surface area contributed by atoms with Gasteiger partial charge in [0.2, 0.25) is 0 Å². The van der Waals surface area contributed by atoms with E-state index in [9.17, 15) is 5.11 Å². The first-order valence-electron chi connectivity index (χ1n) is 10.4. The quantitative estimate of drug-likeness (QED) is 0.870. The first-order valence-corrected chi connectivity index (χ1v) is 10.4. The monoisotopic (exact) mass is 347 g/mol. The predicted octanol–water partition coefficient (Wildman–Crippen LogP) is 4.69. The van der Waals surface area contributed by atoms with E-state index < -0.39 is 0 Å². The van der Waals surface area contributed by atoms with Gasteiger partial charge in [0, 0.05) is 18.0 Å². The number of hydrogen-bond acceptors (Lipinski definition) is 2. The smallest absolute Gasteiger partial charge is 0.119 e. The van der Waals surface area contributed by atoms with Crippen LogP contribution in [0, 0.1) is 5.92 Å². The maximum Gasteiger partial charge on any atom is 0.119 e. The Morgan fingerprint density at radius 1 is 1.00 bits per heavy atom. The van der Waals surface area contributed by atoms with Crippen LogP contribution in [-0.2, 0) is 18.3 Å². The minimum absolute atomic E-state index is 0.332. The van der Waals surface area contributed by atoms with Gasteiger partial charge >= 0.3 is 0 Å². The molecule has 2 aromatic carbocycles. The van der Waals surface area contributed by atoms with Crippen molar-refractivity contribution in [3.63, 3.8) is 0 Å². The summed E-state index contributed by atoms with van der Waals surface area (Å²) < 4.78 is 0. The summed E-state index contributed by atoms with van der Waals surface area (Å²) in [6.45, 7) is 2.40. The second kappa shape index (κ2) is 6.42. The average molecular weight is 348 g/mol. The predicted molar refractivity (Wildman–Crippen MR) is 106 cm³/mol. The van der Waals surface area contributed by atoms with Gasteiger partial charge in [0.15, 0.2) is 0 Å². The number of rotatable bonds is 3. The highest BCUT2D eigenvalue weighted by Crippen LogP contribution is 2.56. The zero-order valence-electron chi connectivity index (χ0n) is 15.5. The van der Waals surface area contributed by atoms with Crippen LogP contribution in [0.15, 0.2) is 48.5 Å². The standard InChI is InChI=1S/C24H29NO/c26-23-10-4-8-20-19(23)11-12-21-22-9-5-14-24(20,21)15-17-25(22)16-13-18-6-2-1-3-7-18/h1-4,6-8,10,21-22,26H,5,9,11-17H2/t21-,22+,24+/m1/s1. The molecule has 0 spiro atoms. The third kappa shape index (κ3) is 2.50. The summed E-state index contributed by atoms with van der Waals surface area (Å²) in [7, 11) is 0. The lowest BCUT2D eigenvalue weighted by Crippen LogP contribution is -2.60. The number of hydrogen-bond donors (Lipinski definition) is 1. The van der Waals surface area contributed by atoms with E-state index in [1.165, 1.54) is 61.9 Å². The fourth-order valence-corrected chi connectivity index (χ4v) is 6.37. The lowest BCUT2D eigenvalue weighted by molar-refractivity contribution is -0.0211. The molecule has 2 aromatic rings. The summed E-state index contributed by atoms with van der Waals surface area (Å²) in [5.41, 5.74) is 4.53. The van der Waals surface area contributed by atoms with Crippen molar-refractivity contribution < 1.29 is 5.11 Å². The topological polar surface area (TPSA) is 23.5 Å².